The van der Waals surface area contributed by atoms with Crippen molar-refractivity contribution in [3.05, 3.63) is 46.1 Å². The van der Waals surface area contributed by atoms with Gasteiger partial charge in [0.1, 0.15) is 5.82 Å². The first-order valence-corrected chi connectivity index (χ1v) is 7.04. The zero-order chi connectivity index (χ0) is 13.7. The lowest BCUT2D eigenvalue weighted by Crippen LogP contribution is -2.07. The minimum atomic E-state index is 0.667. The Balaban J connectivity index is 2.04. The third kappa shape index (κ3) is 4.21. The Morgan fingerprint density at radius 2 is 1.84 bits per heavy atom. The van der Waals surface area contributed by atoms with E-state index in [1.165, 1.54) is 5.56 Å². The summed E-state index contributed by atoms with van der Waals surface area (Å²) in [5.41, 5.74) is 2.16. The molecule has 1 aromatic carbocycles. The van der Waals surface area contributed by atoms with Gasteiger partial charge in [0, 0.05) is 29.3 Å². The van der Waals surface area contributed by atoms with Crippen molar-refractivity contribution in [2.24, 2.45) is 0 Å². The number of benzene rings is 1. The van der Waals surface area contributed by atoms with Crippen LogP contribution in [0.25, 0.3) is 0 Å². The first-order valence-electron chi connectivity index (χ1n) is 6.25. The molecule has 0 saturated heterocycles. The molecule has 2 rings (SSSR count). The van der Waals surface area contributed by atoms with Crippen molar-refractivity contribution >= 4 is 27.7 Å². The molecule has 0 saturated carbocycles. The monoisotopic (exact) mass is 320 g/mol. The number of hydrogen-bond acceptors (Lipinski definition) is 4. The van der Waals surface area contributed by atoms with Gasteiger partial charge in [-0.05, 0) is 31.5 Å². The quantitative estimate of drug-likeness (QED) is 0.883. The molecule has 0 fully saturated rings. The molecule has 1 heterocycles. The molecule has 100 valence electrons. The number of aromatic nitrogens is 2. The molecule has 0 spiro atoms. The molecule has 0 aliphatic rings. The van der Waals surface area contributed by atoms with Crippen LogP contribution in [0.15, 0.2) is 34.8 Å². The second kappa shape index (κ2) is 6.52. The molecule has 0 unspecified atom stereocenters. The lowest BCUT2D eigenvalue weighted by Gasteiger charge is -2.09. The third-order valence-electron chi connectivity index (χ3n) is 2.58. The van der Waals surface area contributed by atoms with E-state index in [-0.39, 0.29) is 0 Å². The van der Waals surface area contributed by atoms with Crippen molar-refractivity contribution in [1.29, 1.82) is 0 Å². The smallest absolute Gasteiger partial charge is 0.224 e. The van der Waals surface area contributed by atoms with E-state index in [0.29, 0.717) is 5.95 Å². The Morgan fingerprint density at radius 3 is 2.53 bits per heavy atom. The molecule has 0 atom stereocenters. The molecule has 0 aliphatic carbocycles. The second-order valence-corrected chi connectivity index (χ2v) is 5.14. The van der Waals surface area contributed by atoms with Crippen molar-refractivity contribution in [2.75, 3.05) is 17.2 Å². The van der Waals surface area contributed by atoms with E-state index in [9.17, 15) is 0 Å². The molecule has 1 aromatic heterocycles. The van der Waals surface area contributed by atoms with Crippen LogP contribution in [0.1, 0.15) is 18.2 Å². The van der Waals surface area contributed by atoms with Gasteiger partial charge in [0.25, 0.3) is 0 Å². The SMILES string of the molecule is CCNc1nc(C)cc(NCc2ccc(Br)cc2)n1. The summed E-state index contributed by atoms with van der Waals surface area (Å²) >= 11 is 3.43. The minimum absolute atomic E-state index is 0.667. The van der Waals surface area contributed by atoms with Gasteiger partial charge in [-0.15, -0.1) is 0 Å². The molecular weight excluding hydrogens is 304 g/mol. The number of halogens is 1. The van der Waals surface area contributed by atoms with Crippen molar-refractivity contribution in [2.45, 2.75) is 20.4 Å². The van der Waals surface area contributed by atoms with Gasteiger partial charge in [-0.2, -0.15) is 4.98 Å². The Bertz CT molecular complexity index is 540. The Morgan fingerprint density at radius 1 is 1.11 bits per heavy atom. The van der Waals surface area contributed by atoms with Gasteiger partial charge in [-0.1, -0.05) is 28.1 Å². The topological polar surface area (TPSA) is 49.8 Å². The highest BCUT2D eigenvalue weighted by atomic mass is 79.9. The number of nitrogens with one attached hydrogen (secondary N) is 2. The molecule has 0 aliphatic heterocycles. The number of aryl methyl sites for hydroxylation is 1. The summed E-state index contributed by atoms with van der Waals surface area (Å²) in [4.78, 5) is 8.74. The maximum absolute atomic E-state index is 4.41. The number of rotatable bonds is 5. The normalized spacial score (nSPS) is 10.3. The molecule has 0 amide bonds. The fourth-order valence-electron chi connectivity index (χ4n) is 1.69. The van der Waals surface area contributed by atoms with E-state index in [1.807, 2.05) is 32.0 Å². The van der Waals surface area contributed by atoms with E-state index < -0.39 is 0 Å². The summed E-state index contributed by atoms with van der Waals surface area (Å²) < 4.78 is 1.09. The first-order chi connectivity index (χ1) is 9.17. The molecule has 19 heavy (non-hydrogen) atoms. The predicted octanol–water partition coefficient (Wildman–Crippen LogP) is 3.59. The van der Waals surface area contributed by atoms with Crippen LogP contribution in [0, 0.1) is 6.92 Å². The molecule has 0 bridgehead atoms. The van der Waals surface area contributed by atoms with E-state index in [0.717, 1.165) is 29.1 Å². The van der Waals surface area contributed by atoms with Gasteiger partial charge >= 0.3 is 0 Å². The van der Waals surface area contributed by atoms with Crippen LogP contribution in [0.5, 0.6) is 0 Å². The standard InChI is InChI=1S/C14H17BrN4/c1-3-16-14-18-10(2)8-13(19-14)17-9-11-4-6-12(15)7-5-11/h4-8H,3,9H2,1-2H3,(H2,16,17,18,19). The zero-order valence-electron chi connectivity index (χ0n) is 11.1. The highest BCUT2D eigenvalue weighted by Gasteiger charge is 2.01. The molecular formula is C14H17BrN4. The summed E-state index contributed by atoms with van der Waals surface area (Å²) in [5, 5.41) is 6.44. The summed E-state index contributed by atoms with van der Waals surface area (Å²) in [5.74, 6) is 1.51. The Hall–Kier alpha value is -1.62. The summed E-state index contributed by atoms with van der Waals surface area (Å²) in [6, 6.07) is 10.2. The van der Waals surface area contributed by atoms with E-state index in [4.69, 9.17) is 0 Å². The number of hydrogen-bond donors (Lipinski definition) is 2. The van der Waals surface area contributed by atoms with Gasteiger partial charge in [0.15, 0.2) is 0 Å². The van der Waals surface area contributed by atoms with Crippen molar-refractivity contribution in [3.63, 3.8) is 0 Å². The van der Waals surface area contributed by atoms with Crippen LogP contribution in [-0.4, -0.2) is 16.5 Å². The average molecular weight is 321 g/mol. The van der Waals surface area contributed by atoms with Crippen LogP contribution in [0.4, 0.5) is 11.8 Å². The fraction of sp³-hybridized carbons (Fsp3) is 0.286. The van der Waals surface area contributed by atoms with Crippen LogP contribution in [0.3, 0.4) is 0 Å². The highest BCUT2D eigenvalue weighted by molar-refractivity contribution is 9.10. The predicted molar refractivity (Wildman–Crippen MR) is 82.4 cm³/mol. The van der Waals surface area contributed by atoms with Crippen molar-refractivity contribution in [1.82, 2.24) is 9.97 Å². The molecule has 2 aromatic rings. The van der Waals surface area contributed by atoms with Crippen LogP contribution < -0.4 is 10.6 Å². The molecule has 5 heteroatoms. The van der Waals surface area contributed by atoms with Gasteiger partial charge in [-0.3, -0.25) is 0 Å². The van der Waals surface area contributed by atoms with Crippen LogP contribution >= 0.6 is 15.9 Å². The van der Waals surface area contributed by atoms with E-state index in [1.54, 1.807) is 0 Å². The second-order valence-electron chi connectivity index (χ2n) is 4.23. The average Bonchev–Trinajstić information content (AvgIpc) is 2.38. The zero-order valence-corrected chi connectivity index (χ0v) is 12.7. The van der Waals surface area contributed by atoms with Gasteiger partial charge in [0.05, 0.1) is 0 Å². The molecule has 4 nitrogen and oxygen atoms in total. The van der Waals surface area contributed by atoms with Crippen molar-refractivity contribution in [3.8, 4) is 0 Å². The van der Waals surface area contributed by atoms with Gasteiger partial charge in [-0.25, -0.2) is 4.98 Å². The van der Waals surface area contributed by atoms with Gasteiger partial charge < -0.3 is 10.6 Å². The molecule has 0 radical (unpaired) electrons. The number of nitrogens with zero attached hydrogens (tertiary/aromatic N) is 2. The largest absolute Gasteiger partial charge is 0.366 e. The summed E-state index contributed by atoms with van der Waals surface area (Å²) in [6.45, 7) is 5.55. The maximum Gasteiger partial charge on any atom is 0.224 e. The highest BCUT2D eigenvalue weighted by Crippen LogP contribution is 2.13. The van der Waals surface area contributed by atoms with E-state index >= 15 is 0 Å². The third-order valence-corrected chi connectivity index (χ3v) is 3.10. The molecule has 2 N–H and O–H groups in total. The van der Waals surface area contributed by atoms with Crippen LogP contribution in [-0.2, 0) is 6.54 Å². The fourth-order valence-corrected chi connectivity index (χ4v) is 1.96. The van der Waals surface area contributed by atoms with Crippen molar-refractivity contribution < 1.29 is 0 Å². The summed E-state index contributed by atoms with van der Waals surface area (Å²) in [7, 11) is 0. The lowest BCUT2D eigenvalue weighted by molar-refractivity contribution is 1.03. The maximum atomic E-state index is 4.41. The first kappa shape index (κ1) is 13.8. The van der Waals surface area contributed by atoms with Crippen LogP contribution in [0.2, 0.25) is 0 Å². The van der Waals surface area contributed by atoms with E-state index in [2.05, 4.69) is 48.7 Å². The summed E-state index contributed by atoms with van der Waals surface area (Å²) in [6.07, 6.45) is 0. The van der Waals surface area contributed by atoms with Gasteiger partial charge in [0.2, 0.25) is 5.95 Å². The Labute approximate surface area is 121 Å². The number of anilines is 2. The lowest BCUT2D eigenvalue weighted by atomic mass is 10.2. The Kier molecular flexibility index (Phi) is 4.74. The minimum Gasteiger partial charge on any atom is -0.366 e.